The van der Waals surface area contributed by atoms with E-state index in [0.717, 1.165) is 5.56 Å². The van der Waals surface area contributed by atoms with Crippen molar-refractivity contribution in [2.24, 2.45) is 0 Å². The monoisotopic (exact) mass is 295 g/mol. The fraction of sp³-hybridized carbons (Fsp3) is 0.0714. The Bertz CT molecular complexity index is 614. The molecule has 0 saturated heterocycles. The van der Waals surface area contributed by atoms with Gasteiger partial charge in [-0.05, 0) is 29.8 Å². The highest BCUT2D eigenvalue weighted by atomic mass is 35.5. The predicted octanol–water partition coefficient (Wildman–Crippen LogP) is 3.74. The van der Waals surface area contributed by atoms with Crippen molar-refractivity contribution < 1.29 is 9.90 Å². The summed E-state index contributed by atoms with van der Waals surface area (Å²) in [5.74, 6) is -0.345. The van der Waals surface area contributed by atoms with E-state index in [0.29, 0.717) is 16.3 Å². The minimum atomic E-state index is -0.345. The van der Waals surface area contributed by atoms with Gasteiger partial charge in [0.05, 0.1) is 22.2 Å². The molecule has 0 bridgehead atoms. The van der Waals surface area contributed by atoms with Gasteiger partial charge in [-0.3, -0.25) is 4.79 Å². The van der Waals surface area contributed by atoms with E-state index in [2.05, 4.69) is 5.32 Å². The molecule has 0 atom stereocenters. The quantitative estimate of drug-likeness (QED) is 0.906. The molecule has 0 radical (unpaired) electrons. The highest BCUT2D eigenvalue weighted by Crippen LogP contribution is 2.26. The van der Waals surface area contributed by atoms with Crippen LogP contribution in [-0.2, 0) is 6.61 Å². The summed E-state index contributed by atoms with van der Waals surface area (Å²) in [6, 6.07) is 11.8. The molecule has 0 aliphatic carbocycles. The fourth-order valence-corrected chi connectivity index (χ4v) is 2.01. The lowest BCUT2D eigenvalue weighted by molar-refractivity contribution is 0.102. The SMILES string of the molecule is O=C(Nc1cccc(CO)c1)c1cccc(Cl)c1Cl. The molecule has 1 amide bonds. The molecule has 0 fully saturated rings. The van der Waals surface area contributed by atoms with Crippen LogP contribution in [0.1, 0.15) is 15.9 Å². The van der Waals surface area contributed by atoms with Crippen molar-refractivity contribution in [2.75, 3.05) is 5.32 Å². The van der Waals surface area contributed by atoms with Crippen LogP contribution in [0.25, 0.3) is 0 Å². The largest absolute Gasteiger partial charge is 0.392 e. The van der Waals surface area contributed by atoms with E-state index in [-0.39, 0.29) is 17.5 Å². The molecule has 2 aromatic carbocycles. The van der Waals surface area contributed by atoms with Crippen LogP contribution in [0.4, 0.5) is 5.69 Å². The van der Waals surface area contributed by atoms with Crippen LogP contribution in [0.5, 0.6) is 0 Å². The van der Waals surface area contributed by atoms with Gasteiger partial charge < -0.3 is 10.4 Å². The first kappa shape index (κ1) is 13.9. The van der Waals surface area contributed by atoms with Crippen LogP contribution in [0, 0.1) is 0 Å². The first-order valence-corrected chi connectivity index (χ1v) is 6.32. The van der Waals surface area contributed by atoms with E-state index in [9.17, 15) is 4.79 Å². The molecule has 19 heavy (non-hydrogen) atoms. The minimum absolute atomic E-state index is 0.0817. The zero-order chi connectivity index (χ0) is 13.8. The van der Waals surface area contributed by atoms with Gasteiger partial charge in [-0.15, -0.1) is 0 Å². The maximum atomic E-state index is 12.1. The zero-order valence-corrected chi connectivity index (χ0v) is 11.4. The Morgan fingerprint density at radius 1 is 1.16 bits per heavy atom. The molecular formula is C14H11Cl2NO2. The molecule has 2 aromatic rings. The molecule has 0 aromatic heterocycles. The summed E-state index contributed by atoms with van der Waals surface area (Å²) in [6.45, 7) is -0.0817. The predicted molar refractivity (Wildman–Crippen MR) is 76.8 cm³/mol. The second-order valence-electron chi connectivity index (χ2n) is 3.91. The first-order valence-electron chi connectivity index (χ1n) is 5.57. The van der Waals surface area contributed by atoms with E-state index in [1.54, 1.807) is 42.5 Å². The molecule has 2 N–H and O–H groups in total. The summed E-state index contributed by atoms with van der Waals surface area (Å²) < 4.78 is 0. The molecule has 0 aliphatic rings. The number of hydrogen-bond acceptors (Lipinski definition) is 2. The number of hydrogen-bond donors (Lipinski definition) is 2. The number of carbonyl (C=O) groups excluding carboxylic acids is 1. The summed E-state index contributed by atoms with van der Waals surface area (Å²) >= 11 is 11.8. The number of aliphatic hydroxyl groups is 1. The molecular weight excluding hydrogens is 285 g/mol. The van der Waals surface area contributed by atoms with Gasteiger partial charge in [0.2, 0.25) is 0 Å². The lowest BCUT2D eigenvalue weighted by Crippen LogP contribution is -2.12. The fourth-order valence-electron chi connectivity index (χ4n) is 1.63. The highest BCUT2D eigenvalue weighted by molar-refractivity contribution is 6.44. The minimum Gasteiger partial charge on any atom is -0.392 e. The number of benzene rings is 2. The van der Waals surface area contributed by atoms with Crippen molar-refractivity contribution in [3.8, 4) is 0 Å². The van der Waals surface area contributed by atoms with Crippen molar-refractivity contribution in [3.63, 3.8) is 0 Å². The van der Waals surface area contributed by atoms with Gasteiger partial charge in [0.1, 0.15) is 0 Å². The van der Waals surface area contributed by atoms with Crippen molar-refractivity contribution in [1.82, 2.24) is 0 Å². The van der Waals surface area contributed by atoms with E-state index in [1.165, 1.54) is 0 Å². The molecule has 5 heteroatoms. The van der Waals surface area contributed by atoms with Gasteiger partial charge in [-0.25, -0.2) is 0 Å². The van der Waals surface area contributed by atoms with Crippen LogP contribution < -0.4 is 5.32 Å². The third-order valence-corrected chi connectivity index (χ3v) is 3.38. The number of nitrogens with one attached hydrogen (secondary N) is 1. The van der Waals surface area contributed by atoms with Crippen molar-refractivity contribution in [3.05, 3.63) is 63.6 Å². The average molecular weight is 296 g/mol. The van der Waals surface area contributed by atoms with Gasteiger partial charge in [-0.2, -0.15) is 0 Å². The van der Waals surface area contributed by atoms with Gasteiger partial charge >= 0.3 is 0 Å². The number of anilines is 1. The van der Waals surface area contributed by atoms with E-state index in [4.69, 9.17) is 28.3 Å². The van der Waals surface area contributed by atoms with Crippen LogP contribution in [-0.4, -0.2) is 11.0 Å². The third-order valence-electron chi connectivity index (χ3n) is 2.56. The van der Waals surface area contributed by atoms with Crippen LogP contribution in [0.2, 0.25) is 10.0 Å². The summed E-state index contributed by atoms with van der Waals surface area (Å²) in [6.07, 6.45) is 0. The number of aliphatic hydroxyl groups excluding tert-OH is 1. The third kappa shape index (κ3) is 3.26. The topological polar surface area (TPSA) is 49.3 Å². The Balaban J connectivity index is 2.23. The molecule has 2 rings (SSSR count). The number of rotatable bonds is 3. The smallest absolute Gasteiger partial charge is 0.257 e. The lowest BCUT2D eigenvalue weighted by atomic mass is 10.2. The van der Waals surface area contributed by atoms with E-state index in [1.807, 2.05) is 0 Å². The number of amides is 1. The van der Waals surface area contributed by atoms with Gasteiger partial charge in [0, 0.05) is 5.69 Å². The Hall–Kier alpha value is -1.55. The Morgan fingerprint density at radius 3 is 2.63 bits per heavy atom. The number of carbonyl (C=O) groups is 1. The average Bonchev–Trinajstić information content (AvgIpc) is 2.42. The lowest BCUT2D eigenvalue weighted by Gasteiger charge is -2.08. The van der Waals surface area contributed by atoms with Crippen molar-refractivity contribution in [1.29, 1.82) is 0 Å². The highest BCUT2D eigenvalue weighted by Gasteiger charge is 2.12. The van der Waals surface area contributed by atoms with Crippen LogP contribution in [0.3, 0.4) is 0 Å². The van der Waals surface area contributed by atoms with E-state index < -0.39 is 0 Å². The molecule has 0 unspecified atom stereocenters. The Morgan fingerprint density at radius 2 is 1.89 bits per heavy atom. The van der Waals surface area contributed by atoms with Gasteiger partial charge in [0.25, 0.3) is 5.91 Å². The standard InChI is InChI=1S/C14H11Cl2NO2/c15-12-6-2-5-11(13(12)16)14(19)17-10-4-1-3-9(7-10)8-18/h1-7,18H,8H2,(H,17,19). The first-order chi connectivity index (χ1) is 9.11. The molecule has 0 heterocycles. The normalized spacial score (nSPS) is 10.3. The van der Waals surface area contributed by atoms with Crippen molar-refractivity contribution >= 4 is 34.8 Å². The molecule has 0 saturated carbocycles. The van der Waals surface area contributed by atoms with Crippen LogP contribution in [0.15, 0.2) is 42.5 Å². The van der Waals surface area contributed by atoms with E-state index >= 15 is 0 Å². The summed E-state index contributed by atoms with van der Waals surface area (Å²) in [5.41, 5.74) is 1.62. The van der Waals surface area contributed by atoms with Gasteiger partial charge in [0.15, 0.2) is 0 Å². The second kappa shape index (κ2) is 6.06. The summed E-state index contributed by atoms with van der Waals surface area (Å²) in [7, 11) is 0. The molecule has 0 spiro atoms. The van der Waals surface area contributed by atoms with Crippen molar-refractivity contribution in [2.45, 2.75) is 6.61 Å². The zero-order valence-electron chi connectivity index (χ0n) is 9.86. The molecule has 98 valence electrons. The Kier molecular flexibility index (Phi) is 4.43. The summed E-state index contributed by atoms with van der Waals surface area (Å²) in [5, 5.41) is 12.3. The number of halogens is 2. The van der Waals surface area contributed by atoms with Crippen LogP contribution >= 0.6 is 23.2 Å². The molecule has 0 aliphatic heterocycles. The Labute approximate surface area is 120 Å². The summed E-state index contributed by atoms with van der Waals surface area (Å²) in [4.78, 5) is 12.1. The van der Waals surface area contributed by atoms with Gasteiger partial charge in [-0.1, -0.05) is 41.4 Å². The maximum absolute atomic E-state index is 12.1. The maximum Gasteiger partial charge on any atom is 0.257 e. The second-order valence-corrected chi connectivity index (χ2v) is 4.70. The molecule has 3 nitrogen and oxygen atoms in total.